The zero-order chi connectivity index (χ0) is 20.4. The highest BCUT2D eigenvalue weighted by Crippen LogP contribution is 2.36. The first-order valence-electron chi connectivity index (χ1n) is 9.96. The first-order chi connectivity index (χ1) is 14.0. The third-order valence-corrected chi connectivity index (χ3v) is 5.96. The van der Waals surface area contributed by atoms with Crippen LogP contribution in [0.4, 0.5) is 4.39 Å². The van der Waals surface area contributed by atoms with Crippen molar-refractivity contribution >= 4 is 17.5 Å². The van der Waals surface area contributed by atoms with Crippen molar-refractivity contribution in [1.82, 2.24) is 10.2 Å². The topological polar surface area (TPSA) is 53.0 Å². The van der Waals surface area contributed by atoms with E-state index >= 15 is 0 Å². The normalized spacial score (nSPS) is 23.4. The molecule has 1 N–H and O–H groups in total. The Bertz CT molecular complexity index is 877. The van der Waals surface area contributed by atoms with E-state index < -0.39 is 5.82 Å². The summed E-state index contributed by atoms with van der Waals surface area (Å²) in [6.07, 6.45) is 3.47. The molecule has 2 aromatic carbocycles. The van der Waals surface area contributed by atoms with Crippen LogP contribution >= 0.6 is 11.6 Å². The first kappa shape index (κ1) is 20.1. The van der Waals surface area contributed by atoms with Gasteiger partial charge in [-0.1, -0.05) is 29.8 Å². The predicted molar refractivity (Wildman–Crippen MR) is 108 cm³/mol. The van der Waals surface area contributed by atoms with Crippen molar-refractivity contribution in [3.63, 3.8) is 0 Å². The molecule has 0 aromatic heterocycles. The lowest BCUT2D eigenvalue weighted by molar-refractivity contribution is -0.294. The minimum atomic E-state index is -0.603. The lowest BCUT2D eigenvalue weighted by atomic mass is 9.84. The molecule has 2 fully saturated rings. The smallest absolute Gasteiger partial charge is 0.261 e. The third kappa shape index (κ3) is 4.55. The molecule has 4 rings (SSSR count). The maximum absolute atomic E-state index is 13.9. The van der Waals surface area contributed by atoms with Gasteiger partial charge in [0.15, 0.2) is 11.6 Å². The number of nitrogens with zero attached hydrogens (tertiary/aromatic N) is 2. The Labute approximate surface area is 174 Å². The minimum absolute atomic E-state index is 0.0218. The van der Waals surface area contributed by atoms with Crippen LogP contribution in [-0.4, -0.2) is 40.4 Å². The minimum Gasteiger partial charge on any atom is -0.505 e. The van der Waals surface area contributed by atoms with Gasteiger partial charge in [-0.05, 0) is 67.0 Å². The van der Waals surface area contributed by atoms with Gasteiger partial charge in [0.05, 0.1) is 6.61 Å². The molecule has 2 atom stereocenters. The SMILES string of the molecule is O=C1CCCON1N1CCC(c2ccc(O)c(F)c2)CC1Cc1ccc(Cl)cc1. The number of amides is 1. The summed E-state index contributed by atoms with van der Waals surface area (Å²) in [5.41, 5.74) is 1.98. The van der Waals surface area contributed by atoms with Gasteiger partial charge in [-0.15, -0.1) is 5.17 Å². The van der Waals surface area contributed by atoms with Crippen LogP contribution < -0.4 is 0 Å². The van der Waals surface area contributed by atoms with Gasteiger partial charge < -0.3 is 5.11 Å². The van der Waals surface area contributed by atoms with Crippen LogP contribution in [0.1, 0.15) is 42.7 Å². The highest BCUT2D eigenvalue weighted by molar-refractivity contribution is 6.30. The molecule has 1 amide bonds. The molecule has 0 bridgehead atoms. The zero-order valence-electron chi connectivity index (χ0n) is 16.1. The number of carbonyl (C=O) groups is 1. The number of piperidine rings is 1. The summed E-state index contributed by atoms with van der Waals surface area (Å²) >= 11 is 6.02. The average Bonchev–Trinajstić information content (AvgIpc) is 2.72. The highest BCUT2D eigenvalue weighted by Gasteiger charge is 2.37. The summed E-state index contributed by atoms with van der Waals surface area (Å²) < 4.78 is 13.9. The number of hydrogen-bond acceptors (Lipinski definition) is 4. The number of benzene rings is 2. The van der Waals surface area contributed by atoms with Crippen LogP contribution in [0.25, 0.3) is 0 Å². The summed E-state index contributed by atoms with van der Waals surface area (Å²) in [6.45, 7) is 1.17. The number of hydrazine groups is 1. The molecule has 0 spiro atoms. The summed E-state index contributed by atoms with van der Waals surface area (Å²) in [6, 6.07) is 12.3. The molecule has 0 aliphatic carbocycles. The van der Waals surface area contributed by atoms with Crippen molar-refractivity contribution in [3.8, 4) is 5.75 Å². The number of halogens is 2. The second-order valence-electron chi connectivity index (χ2n) is 7.68. The van der Waals surface area contributed by atoms with E-state index in [1.807, 2.05) is 29.3 Å². The summed E-state index contributed by atoms with van der Waals surface area (Å²) in [7, 11) is 0. The maximum Gasteiger partial charge on any atom is 0.261 e. The molecule has 7 heteroatoms. The summed E-state index contributed by atoms with van der Waals surface area (Å²) in [4.78, 5) is 18.1. The van der Waals surface area contributed by atoms with E-state index in [4.69, 9.17) is 16.4 Å². The van der Waals surface area contributed by atoms with E-state index in [9.17, 15) is 14.3 Å². The van der Waals surface area contributed by atoms with Crippen molar-refractivity contribution in [3.05, 3.63) is 64.4 Å². The van der Waals surface area contributed by atoms with Crippen LogP contribution in [-0.2, 0) is 16.1 Å². The molecule has 2 aliphatic heterocycles. The fourth-order valence-corrected chi connectivity index (χ4v) is 4.32. The molecule has 2 heterocycles. The molecule has 154 valence electrons. The van der Waals surface area contributed by atoms with Crippen LogP contribution in [0.15, 0.2) is 42.5 Å². The van der Waals surface area contributed by atoms with Gasteiger partial charge in [0.25, 0.3) is 5.91 Å². The van der Waals surface area contributed by atoms with Gasteiger partial charge in [-0.2, -0.15) is 5.01 Å². The number of rotatable bonds is 4. The zero-order valence-corrected chi connectivity index (χ0v) is 16.8. The second kappa shape index (κ2) is 8.69. The second-order valence-corrected chi connectivity index (χ2v) is 8.12. The van der Waals surface area contributed by atoms with E-state index in [-0.39, 0.29) is 23.6 Å². The highest BCUT2D eigenvalue weighted by atomic mass is 35.5. The van der Waals surface area contributed by atoms with E-state index in [1.165, 1.54) is 17.3 Å². The van der Waals surface area contributed by atoms with Gasteiger partial charge >= 0.3 is 0 Å². The van der Waals surface area contributed by atoms with E-state index in [0.717, 1.165) is 36.8 Å². The predicted octanol–water partition coefficient (Wildman–Crippen LogP) is 4.44. The number of aromatic hydroxyl groups is 1. The van der Waals surface area contributed by atoms with Crippen molar-refractivity contribution in [2.75, 3.05) is 13.2 Å². The van der Waals surface area contributed by atoms with Crippen molar-refractivity contribution in [1.29, 1.82) is 0 Å². The van der Waals surface area contributed by atoms with Crippen molar-refractivity contribution in [2.45, 2.75) is 44.1 Å². The molecular formula is C22H24ClFN2O3. The number of hydroxylamine groups is 1. The standard InChI is InChI=1S/C22H24ClFN2O3/c23-18-6-3-15(4-7-18)12-19-13-17(16-5-8-21(27)20(24)14-16)9-10-25(19)26-22(28)2-1-11-29-26/h3-8,14,17,19,27H,1-2,9-13H2. The summed E-state index contributed by atoms with van der Waals surface area (Å²) in [5.74, 6) is -0.824. The van der Waals surface area contributed by atoms with E-state index in [0.29, 0.717) is 24.6 Å². The Morgan fingerprint density at radius 3 is 2.72 bits per heavy atom. The maximum atomic E-state index is 13.9. The molecule has 0 radical (unpaired) electrons. The fraction of sp³-hybridized carbons (Fsp3) is 0.409. The van der Waals surface area contributed by atoms with Crippen LogP contribution in [0.2, 0.25) is 5.02 Å². The summed E-state index contributed by atoms with van der Waals surface area (Å²) in [5, 5.41) is 13.6. The van der Waals surface area contributed by atoms with Crippen molar-refractivity contribution in [2.24, 2.45) is 0 Å². The number of hydrogen-bond donors (Lipinski definition) is 1. The number of carbonyl (C=O) groups excluding carboxylic acids is 1. The van der Waals surface area contributed by atoms with Gasteiger partial charge in [-0.3, -0.25) is 9.63 Å². The molecule has 2 unspecified atom stereocenters. The first-order valence-corrected chi connectivity index (χ1v) is 10.3. The average molecular weight is 419 g/mol. The fourth-order valence-electron chi connectivity index (χ4n) is 4.20. The Morgan fingerprint density at radius 2 is 2.00 bits per heavy atom. The lowest BCUT2D eigenvalue weighted by Crippen LogP contribution is -2.56. The molecule has 2 saturated heterocycles. The molecule has 2 aliphatic rings. The van der Waals surface area contributed by atoms with E-state index in [1.54, 1.807) is 6.07 Å². The van der Waals surface area contributed by atoms with E-state index in [2.05, 4.69) is 0 Å². The van der Waals surface area contributed by atoms with Gasteiger partial charge in [0.2, 0.25) is 0 Å². The number of phenols is 1. The molecular weight excluding hydrogens is 395 g/mol. The van der Waals surface area contributed by atoms with Crippen LogP contribution in [0.5, 0.6) is 5.75 Å². The molecule has 2 aromatic rings. The molecule has 29 heavy (non-hydrogen) atoms. The molecule has 5 nitrogen and oxygen atoms in total. The number of phenolic OH excluding ortho intramolecular Hbond substituents is 1. The van der Waals surface area contributed by atoms with Gasteiger partial charge in [0, 0.05) is 24.0 Å². The lowest BCUT2D eigenvalue weighted by Gasteiger charge is -2.45. The van der Waals surface area contributed by atoms with Crippen LogP contribution in [0.3, 0.4) is 0 Å². The third-order valence-electron chi connectivity index (χ3n) is 5.71. The molecule has 0 saturated carbocycles. The Balaban J connectivity index is 1.57. The Kier molecular flexibility index (Phi) is 6.04. The Morgan fingerprint density at radius 1 is 1.21 bits per heavy atom. The quantitative estimate of drug-likeness (QED) is 0.797. The monoisotopic (exact) mass is 418 g/mol. The van der Waals surface area contributed by atoms with Crippen LogP contribution in [0, 0.1) is 5.82 Å². The van der Waals surface area contributed by atoms with Gasteiger partial charge in [0.1, 0.15) is 0 Å². The van der Waals surface area contributed by atoms with Crippen molar-refractivity contribution < 1.29 is 19.1 Å². The Hall–Kier alpha value is -2.15. The van der Waals surface area contributed by atoms with Gasteiger partial charge in [-0.25, -0.2) is 4.39 Å². The largest absolute Gasteiger partial charge is 0.505 e.